The summed E-state index contributed by atoms with van der Waals surface area (Å²) >= 11 is 0. The SMILES string of the molecule is CCCCCCCCNC(=O)C(COC1OC(CO)[C@@H](O)C(O)C1O)NC(=O)CCCCCC. The number of hydrogen-bond acceptors (Lipinski definition) is 8. The number of nitrogens with one attached hydrogen (secondary N) is 2. The van der Waals surface area contributed by atoms with Crippen molar-refractivity contribution in [2.75, 3.05) is 19.8 Å². The van der Waals surface area contributed by atoms with Gasteiger partial charge in [0.2, 0.25) is 11.8 Å². The minimum Gasteiger partial charge on any atom is -0.394 e. The maximum absolute atomic E-state index is 12.7. The van der Waals surface area contributed by atoms with Crippen molar-refractivity contribution in [1.82, 2.24) is 10.6 Å². The summed E-state index contributed by atoms with van der Waals surface area (Å²) in [6.45, 7) is 3.84. The molecule has 5 unspecified atom stereocenters. The molecule has 200 valence electrons. The molecule has 0 saturated carbocycles. The molecule has 0 radical (unpaired) electrons. The lowest BCUT2D eigenvalue weighted by atomic mass is 9.99. The van der Waals surface area contributed by atoms with Gasteiger partial charge in [-0.3, -0.25) is 9.59 Å². The molecule has 0 aliphatic carbocycles. The molecular weight excluding hydrogens is 444 g/mol. The fraction of sp³-hybridized carbons (Fsp3) is 0.917. The summed E-state index contributed by atoms with van der Waals surface area (Å²) in [6, 6.07) is -1.01. The van der Waals surface area contributed by atoms with Crippen molar-refractivity contribution < 1.29 is 39.5 Å². The first-order chi connectivity index (χ1) is 16.3. The van der Waals surface area contributed by atoms with E-state index in [1.54, 1.807) is 0 Å². The van der Waals surface area contributed by atoms with Crippen LogP contribution in [0, 0.1) is 0 Å². The van der Waals surface area contributed by atoms with Gasteiger partial charge in [-0.2, -0.15) is 0 Å². The first-order valence-electron chi connectivity index (χ1n) is 12.8. The molecule has 0 spiro atoms. The summed E-state index contributed by atoms with van der Waals surface area (Å²) in [5.41, 5.74) is 0. The number of aliphatic hydroxyl groups excluding tert-OH is 4. The van der Waals surface area contributed by atoms with Crippen molar-refractivity contribution in [3.63, 3.8) is 0 Å². The molecule has 10 heteroatoms. The summed E-state index contributed by atoms with van der Waals surface area (Å²) in [4.78, 5) is 25.1. The van der Waals surface area contributed by atoms with Crippen LogP contribution in [0.25, 0.3) is 0 Å². The number of rotatable bonds is 18. The maximum atomic E-state index is 12.7. The van der Waals surface area contributed by atoms with E-state index < -0.39 is 49.3 Å². The molecule has 6 N–H and O–H groups in total. The summed E-state index contributed by atoms with van der Waals surface area (Å²) in [5.74, 6) is -0.673. The van der Waals surface area contributed by atoms with Crippen LogP contribution in [-0.4, -0.2) is 88.7 Å². The van der Waals surface area contributed by atoms with Gasteiger partial charge >= 0.3 is 0 Å². The zero-order chi connectivity index (χ0) is 25.3. The van der Waals surface area contributed by atoms with Crippen LogP contribution >= 0.6 is 0 Å². The maximum Gasteiger partial charge on any atom is 0.244 e. The number of ether oxygens (including phenoxy) is 2. The molecule has 0 bridgehead atoms. The van der Waals surface area contributed by atoms with Crippen LogP contribution in [0.2, 0.25) is 0 Å². The van der Waals surface area contributed by atoms with Crippen LogP contribution in [0.1, 0.15) is 84.5 Å². The lowest BCUT2D eigenvalue weighted by molar-refractivity contribution is -0.301. The topological polar surface area (TPSA) is 158 Å². The summed E-state index contributed by atoms with van der Waals surface area (Å²) in [6.07, 6.45) is 3.40. The van der Waals surface area contributed by atoms with Crippen molar-refractivity contribution in [3.8, 4) is 0 Å². The Morgan fingerprint density at radius 3 is 2.15 bits per heavy atom. The number of unbranched alkanes of at least 4 members (excludes halogenated alkanes) is 8. The summed E-state index contributed by atoms with van der Waals surface area (Å²) in [7, 11) is 0. The molecule has 1 aliphatic rings. The molecule has 10 nitrogen and oxygen atoms in total. The zero-order valence-electron chi connectivity index (χ0n) is 20.8. The molecular formula is C24H46N2O8. The van der Waals surface area contributed by atoms with E-state index in [4.69, 9.17) is 9.47 Å². The second kappa shape index (κ2) is 18.0. The lowest BCUT2D eigenvalue weighted by Gasteiger charge is -2.39. The highest BCUT2D eigenvalue weighted by Crippen LogP contribution is 2.22. The normalized spacial score (nSPS) is 25.6. The minimum atomic E-state index is -1.58. The Bertz CT molecular complexity index is 563. The average Bonchev–Trinajstić information content (AvgIpc) is 2.83. The summed E-state index contributed by atoms with van der Waals surface area (Å²) < 4.78 is 10.8. The Hall–Kier alpha value is -1.30. The van der Waals surface area contributed by atoms with E-state index in [2.05, 4.69) is 24.5 Å². The quantitative estimate of drug-likeness (QED) is 0.154. The van der Waals surface area contributed by atoms with E-state index in [0.29, 0.717) is 13.0 Å². The minimum absolute atomic E-state index is 0.270. The van der Waals surface area contributed by atoms with Gasteiger partial charge in [0.15, 0.2) is 6.29 Å². The molecule has 2 amide bonds. The van der Waals surface area contributed by atoms with Gasteiger partial charge in [-0.1, -0.05) is 65.2 Å². The third-order valence-electron chi connectivity index (χ3n) is 6.01. The van der Waals surface area contributed by atoms with Crippen molar-refractivity contribution in [2.45, 2.75) is 121 Å². The lowest BCUT2D eigenvalue weighted by Crippen LogP contribution is -2.60. The van der Waals surface area contributed by atoms with Gasteiger partial charge < -0.3 is 40.5 Å². The number of aliphatic hydroxyl groups is 4. The molecule has 1 rings (SSSR count). The Morgan fingerprint density at radius 2 is 1.50 bits per heavy atom. The predicted molar refractivity (Wildman–Crippen MR) is 127 cm³/mol. The zero-order valence-corrected chi connectivity index (χ0v) is 20.8. The molecule has 1 fully saturated rings. The van der Waals surface area contributed by atoms with Crippen LogP contribution in [-0.2, 0) is 19.1 Å². The van der Waals surface area contributed by atoms with Gasteiger partial charge in [0.05, 0.1) is 13.2 Å². The average molecular weight is 491 g/mol. The second-order valence-electron chi connectivity index (χ2n) is 9.02. The standard InChI is InChI=1S/C24H46N2O8/c1-3-5-7-9-10-12-14-25-23(32)17(26-19(28)13-11-8-6-4-2)16-33-24-22(31)21(30)20(29)18(15-27)34-24/h17-18,20-22,24,27,29-31H,3-16H2,1-2H3,(H,25,32)(H,26,28)/t17?,18?,20-,21?,22?,24?/m1/s1. The first kappa shape index (κ1) is 30.7. The van der Waals surface area contributed by atoms with Crippen LogP contribution in [0.5, 0.6) is 0 Å². The summed E-state index contributed by atoms with van der Waals surface area (Å²) in [5, 5.41) is 44.8. The molecule has 6 atom stereocenters. The fourth-order valence-electron chi connectivity index (χ4n) is 3.80. The monoisotopic (exact) mass is 490 g/mol. The van der Waals surface area contributed by atoms with Gasteiger partial charge in [-0.05, 0) is 12.8 Å². The van der Waals surface area contributed by atoms with Crippen LogP contribution in [0.4, 0.5) is 0 Å². The molecule has 0 aromatic heterocycles. The van der Waals surface area contributed by atoms with Gasteiger partial charge in [-0.25, -0.2) is 0 Å². The van der Waals surface area contributed by atoms with Crippen molar-refractivity contribution in [3.05, 3.63) is 0 Å². The Balaban J connectivity index is 2.61. The van der Waals surface area contributed by atoms with Crippen LogP contribution in [0.3, 0.4) is 0 Å². The van der Waals surface area contributed by atoms with E-state index >= 15 is 0 Å². The largest absolute Gasteiger partial charge is 0.394 e. The smallest absolute Gasteiger partial charge is 0.244 e. The Morgan fingerprint density at radius 1 is 0.882 bits per heavy atom. The Kier molecular flexibility index (Phi) is 16.3. The second-order valence-corrected chi connectivity index (χ2v) is 9.02. The highest BCUT2D eigenvalue weighted by atomic mass is 16.7. The van der Waals surface area contributed by atoms with Crippen molar-refractivity contribution in [2.24, 2.45) is 0 Å². The van der Waals surface area contributed by atoms with E-state index in [9.17, 15) is 30.0 Å². The van der Waals surface area contributed by atoms with Crippen molar-refractivity contribution in [1.29, 1.82) is 0 Å². The number of hydrogen-bond donors (Lipinski definition) is 6. The first-order valence-corrected chi connectivity index (χ1v) is 12.8. The van der Waals surface area contributed by atoms with Gasteiger partial charge in [0.25, 0.3) is 0 Å². The van der Waals surface area contributed by atoms with Crippen molar-refractivity contribution >= 4 is 11.8 Å². The van der Waals surface area contributed by atoms with E-state index in [0.717, 1.165) is 44.9 Å². The molecule has 1 saturated heterocycles. The van der Waals surface area contributed by atoms with E-state index in [1.807, 2.05) is 0 Å². The van der Waals surface area contributed by atoms with Gasteiger partial charge in [0.1, 0.15) is 30.5 Å². The molecule has 0 aromatic rings. The Labute approximate surface area is 203 Å². The third-order valence-corrected chi connectivity index (χ3v) is 6.01. The fourth-order valence-corrected chi connectivity index (χ4v) is 3.80. The van der Waals surface area contributed by atoms with E-state index in [1.165, 1.54) is 19.3 Å². The molecule has 34 heavy (non-hydrogen) atoms. The van der Waals surface area contributed by atoms with Crippen LogP contribution < -0.4 is 10.6 Å². The highest BCUT2D eigenvalue weighted by molar-refractivity contribution is 5.87. The van der Waals surface area contributed by atoms with Gasteiger partial charge in [-0.15, -0.1) is 0 Å². The highest BCUT2D eigenvalue weighted by Gasteiger charge is 2.44. The number of amides is 2. The van der Waals surface area contributed by atoms with Gasteiger partial charge in [0, 0.05) is 13.0 Å². The predicted octanol–water partition coefficient (Wildman–Crippen LogP) is 0.735. The molecule has 0 aromatic carbocycles. The molecule has 1 aliphatic heterocycles. The van der Waals surface area contributed by atoms with E-state index in [-0.39, 0.29) is 12.5 Å². The third kappa shape index (κ3) is 11.4. The molecule has 1 heterocycles. The number of carbonyl (C=O) groups excluding carboxylic acids is 2. The number of carbonyl (C=O) groups is 2. The van der Waals surface area contributed by atoms with Crippen LogP contribution in [0.15, 0.2) is 0 Å².